The van der Waals surface area contributed by atoms with Crippen LogP contribution in [0.1, 0.15) is 35.3 Å². The van der Waals surface area contributed by atoms with Gasteiger partial charge in [0.05, 0.1) is 23.8 Å². The molecule has 3 aromatic rings. The Kier molecular flexibility index (Phi) is 6.58. The third-order valence-corrected chi connectivity index (χ3v) is 5.10. The fraction of sp³-hybridized carbons (Fsp3) is 0.217. The van der Waals surface area contributed by atoms with E-state index in [9.17, 15) is 24.3 Å². The lowest BCUT2D eigenvalue weighted by Gasteiger charge is -2.22. The minimum atomic E-state index is -0.725. The molecule has 0 unspecified atom stereocenters. The average Bonchev–Trinajstić information content (AvgIpc) is 2.79. The Balaban J connectivity index is 1.87. The topological polar surface area (TPSA) is 142 Å². The number of nitrogens with two attached hydrogens (primary N) is 1. The quantitative estimate of drug-likeness (QED) is 0.296. The number of carbonyl (C=O) groups is 2. The number of likely N-dealkylation sites (N-methyl/N-ethyl adjacent to an activating group) is 1. The van der Waals surface area contributed by atoms with Gasteiger partial charge < -0.3 is 26.4 Å². The second kappa shape index (κ2) is 9.34. The molecule has 3 aromatic carbocycles. The molecule has 0 aliphatic carbocycles. The van der Waals surface area contributed by atoms with E-state index in [-0.39, 0.29) is 35.2 Å². The summed E-state index contributed by atoms with van der Waals surface area (Å²) in [5, 5.41) is 16.5. The van der Waals surface area contributed by atoms with Gasteiger partial charge in [-0.2, -0.15) is 0 Å². The second-order valence-corrected chi connectivity index (χ2v) is 7.38. The lowest BCUT2D eigenvalue weighted by Crippen LogP contribution is -2.37. The van der Waals surface area contributed by atoms with Crippen molar-refractivity contribution >= 4 is 28.9 Å². The van der Waals surface area contributed by atoms with Crippen LogP contribution in [0.3, 0.4) is 0 Å². The molecule has 1 atom stereocenters. The molecular formula is C23H24N4O5. The van der Waals surface area contributed by atoms with E-state index in [4.69, 9.17) is 5.73 Å². The number of nitrogens with zero attached hydrogens (tertiary/aromatic N) is 1. The largest absolute Gasteiger partial charge is 0.505 e. The van der Waals surface area contributed by atoms with Gasteiger partial charge in [0, 0.05) is 7.05 Å². The predicted octanol–water partition coefficient (Wildman–Crippen LogP) is 1.85. The van der Waals surface area contributed by atoms with Crippen LogP contribution >= 0.6 is 0 Å². The van der Waals surface area contributed by atoms with E-state index in [2.05, 4.69) is 10.6 Å². The lowest BCUT2D eigenvalue weighted by molar-refractivity contribution is -0.118. The van der Waals surface area contributed by atoms with Gasteiger partial charge in [-0.25, -0.2) is 0 Å². The molecular weight excluding hydrogens is 412 g/mol. The van der Waals surface area contributed by atoms with E-state index in [1.165, 1.54) is 25.2 Å². The zero-order chi connectivity index (χ0) is 23.4. The summed E-state index contributed by atoms with van der Waals surface area (Å²) in [6.45, 7) is 1.63. The summed E-state index contributed by atoms with van der Waals surface area (Å²) in [5.41, 5.74) is 4.81. The number of phenols is 1. The smallest absolute Gasteiger partial charge is 0.257 e. The van der Waals surface area contributed by atoms with Crippen molar-refractivity contribution in [3.05, 3.63) is 80.1 Å². The first kappa shape index (κ1) is 22.5. The Labute approximate surface area is 184 Å². The molecule has 166 valence electrons. The molecule has 0 aliphatic heterocycles. The number of carbonyl (C=O) groups excluding carboxylic acids is 2. The van der Waals surface area contributed by atoms with E-state index in [1.54, 1.807) is 0 Å². The molecule has 0 aliphatic rings. The number of hydrogen-bond donors (Lipinski definition) is 4. The van der Waals surface area contributed by atoms with Crippen LogP contribution in [0.25, 0.3) is 0 Å². The summed E-state index contributed by atoms with van der Waals surface area (Å²) in [4.78, 5) is 49.1. The normalized spacial score (nSPS) is 11.7. The maximum absolute atomic E-state index is 12.5. The molecule has 0 saturated carbocycles. The standard InChI is InChI=1S/C23H24N4O5/c1-3-15(13-8-5-4-6-9-13)25-18-19(22(31)21(18)30)26-16-11-7-10-14(20(16)29)23(32)27(2)12-17(24)28/h4-11,15,25-26,29H,3,12H2,1-2H3,(H2,24,28)/t15-/m1/s1. The molecule has 0 saturated heterocycles. The number of primary amides is 1. The molecule has 0 spiro atoms. The zero-order valence-electron chi connectivity index (χ0n) is 17.7. The van der Waals surface area contributed by atoms with Gasteiger partial charge in [-0.15, -0.1) is 0 Å². The third-order valence-electron chi connectivity index (χ3n) is 5.10. The number of benzene rings is 2. The average molecular weight is 436 g/mol. The molecule has 0 fully saturated rings. The predicted molar refractivity (Wildman–Crippen MR) is 122 cm³/mol. The number of aromatic hydroxyl groups is 1. The number of anilines is 3. The summed E-state index contributed by atoms with van der Waals surface area (Å²) >= 11 is 0. The fourth-order valence-electron chi connectivity index (χ4n) is 3.39. The van der Waals surface area contributed by atoms with Crippen molar-refractivity contribution in [1.29, 1.82) is 0 Å². The van der Waals surface area contributed by atoms with Gasteiger partial charge in [0.25, 0.3) is 16.8 Å². The van der Waals surface area contributed by atoms with E-state index in [0.29, 0.717) is 6.42 Å². The van der Waals surface area contributed by atoms with Gasteiger partial charge in [-0.05, 0) is 24.1 Å². The number of nitrogens with one attached hydrogen (secondary N) is 2. The Morgan fingerprint density at radius 1 is 1.03 bits per heavy atom. The molecule has 0 aromatic heterocycles. The first-order valence-corrected chi connectivity index (χ1v) is 10.0. The first-order chi connectivity index (χ1) is 15.2. The molecule has 0 radical (unpaired) electrons. The van der Waals surface area contributed by atoms with Gasteiger partial charge in [0.15, 0.2) is 5.75 Å². The van der Waals surface area contributed by atoms with Crippen molar-refractivity contribution in [2.24, 2.45) is 5.73 Å². The minimum absolute atomic E-state index is 0.00905. The van der Waals surface area contributed by atoms with E-state index in [1.807, 2.05) is 37.3 Å². The molecule has 2 amide bonds. The van der Waals surface area contributed by atoms with Crippen LogP contribution in [0.5, 0.6) is 5.75 Å². The highest BCUT2D eigenvalue weighted by Gasteiger charge is 2.26. The molecule has 9 nitrogen and oxygen atoms in total. The Morgan fingerprint density at radius 3 is 2.31 bits per heavy atom. The van der Waals surface area contributed by atoms with Crippen LogP contribution in [0.4, 0.5) is 17.1 Å². The van der Waals surface area contributed by atoms with Crippen molar-refractivity contribution in [3.63, 3.8) is 0 Å². The van der Waals surface area contributed by atoms with Crippen LogP contribution in [-0.4, -0.2) is 35.4 Å². The fourth-order valence-corrected chi connectivity index (χ4v) is 3.39. The van der Waals surface area contributed by atoms with Gasteiger partial charge in [-0.3, -0.25) is 19.2 Å². The summed E-state index contributed by atoms with van der Waals surface area (Å²) in [7, 11) is 1.37. The molecule has 32 heavy (non-hydrogen) atoms. The SMILES string of the molecule is CC[C@@H](Nc1c(Nc2cccc(C(=O)N(C)CC(N)=O)c2O)c(=O)c1=O)c1ccccc1. The van der Waals surface area contributed by atoms with Crippen LogP contribution in [0.2, 0.25) is 0 Å². The van der Waals surface area contributed by atoms with E-state index >= 15 is 0 Å². The van der Waals surface area contributed by atoms with Gasteiger partial charge in [0.1, 0.15) is 11.4 Å². The van der Waals surface area contributed by atoms with Gasteiger partial charge >= 0.3 is 0 Å². The minimum Gasteiger partial charge on any atom is -0.505 e. The van der Waals surface area contributed by atoms with Crippen LogP contribution in [-0.2, 0) is 4.79 Å². The second-order valence-electron chi connectivity index (χ2n) is 7.38. The summed E-state index contributed by atoms with van der Waals surface area (Å²) in [5.74, 6) is -1.73. The van der Waals surface area contributed by atoms with Crippen LogP contribution in [0, 0.1) is 0 Å². The summed E-state index contributed by atoms with van der Waals surface area (Å²) in [6.07, 6.45) is 0.670. The lowest BCUT2D eigenvalue weighted by atomic mass is 10.0. The number of para-hydroxylation sites is 1. The van der Waals surface area contributed by atoms with Crippen molar-refractivity contribution < 1.29 is 14.7 Å². The number of rotatable bonds is 9. The highest BCUT2D eigenvalue weighted by atomic mass is 16.3. The molecule has 9 heteroatoms. The molecule has 0 heterocycles. The Morgan fingerprint density at radius 2 is 1.69 bits per heavy atom. The first-order valence-electron chi connectivity index (χ1n) is 10.0. The summed E-state index contributed by atoms with van der Waals surface area (Å²) < 4.78 is 0. The number of amides is 2. The Bertz CT molecular complexity index is 1220. The van der Waals surface area contributed by atoms with Gasteiger partial charge in [0.2, 0.25) is 5.91 Å². The van der Waals surface area contributed by atoms with Crippen molar-refractivity contribution in [1.82, 2.24) is 4.90 Å². The maximum Gasteiger partial charge on any atom is 0.257 e. The van der Waals surface area contributed by atoms with Crippen molar-refractivity contribution in [3.8, 4) is 5.75 Å². The zero-order valence-corrected chi connectivity index (χ0v) is 17.7. The molecule has 5 N–H and O–H groups in total. The van der Waals surface area contributed by atoms with E-state index < -0.39 is 28.4 Å². The van der Waals surface area contributed by atoms with Crippen molar-refractivity contribution in [2.75, 3.05) is 24.2 Å². The molecule has 0 bridgehead atoms. The number of phenolic OH excluding ortho intramolecular Hbond substituents is 1. The van der Waals surface area contributed by atoms with Crippen LogP contribution in [0.15, 0.2) is 58.1 Å². The van der Waals surface area contributed by atoms with E-state index in [0.717, 1.165) is 10.5 Å². The highest BCUT2D eigenvalue weighted by molar-refractivity contribution is 6.00. The Hall–Kier alpha value is -4.14. The highest BCUT2D eigenvalue weighted by Crippen LogP contribution is 2.33. The van der Waals surface area contributed by atoms with Crippen molar-refractivity contribution in [2.45, 2.75) is 19.4 Å². The maximum atomic E-state index is 12.5. The third kappa shape index (κ3) is 4.46. The van der Waals surface area contributed by atoms with Crippen LogP contribution < -0.4 is 27.2 Å². The monoisotopic (exact) mass is 436 g/mol. The molecule has 3 rings (SSSR count). The number of hydrogen-bond acceptors (Lipinski definition) is 7. The van der Waals surface area contributed by atoms with Gasteiger partial charge in [-0.1, -0.05) is 43.3 Å². The summed E-state index contributed by atoms with van der Waals surface area (Å²) in [6, 6.07) is 13.7.